The normalized spacial score (nSPS) is 14.0. The fraction of sp³-hybridized carbons (Fsp3) is 0.0769. The van der Waals surface area contributed by atoms with Crippen LogP contribution in [0.4, 0.5) is 0 Å². The molecule has 0 N–H and O–H groups in total. The fourth-order valence-electron chi connectivity index (χ4n) is 4.91. The highest BCUT2D eigenvalue weighted by Crippen LogP contribution is 2.59. The molecule has 1 aliphatic rings. The van der Waals surface area contributed by atoms with Crippen LogP contribution in [0.1, 0.15) is 0 Å². The molecule has 0 atom stereocenters. The topological polar surface area (TPSA) is 120 Å². The summed E-state index contributed by atoms with van der Waals surface area (Å²) >= 11 is 0. The van der Waals surface area contributed by atoms with E-state index in [1.165, 1.54) is 0 Å². The Morgan fingerprint density at radius 1 is 0.730 bits per heavy atom. The zero-order chi connectivity index (χ0) is 25.3. The van der Waals surface area contributed by atoms with Crippen LogP contribution in [0.25, 0.3) is 55.2 Å². The van der Waals surface area contributed by atoms with Gasteiger partial charge in [0.15, 0.2) is 0 Å². The number of nitrogens with zero attached hydrogens (tertiary/aromatic N) is 6. The maximum atomic E-state index is 13.3. The van der Waals surface area contributed by atoms with Crippen LogP contribution in [0.5, 0.6) is 11.5 Å². The smallest absolute Gasteiger partial charge is 0.372 e. The van der Waals surface area contributed by atoms with E-state index in [-0.39, 0.29) is 11.5 Å². The van der Waals surface area contributed by atoms with E-state index in [1.807, 2.05) is 60.7 Å². The minimum absolute atomic E-state index is 0.137. The Morgan fingerprint density at radius 2 is 1.16 bits per heavy atom. The molecule has 0 saturated heterocycles. The molecule has 4 aromatic carbocycles. The molecule has 6 aromatic rings. The van der Waals surface area contributed by atoms with Crippen molar-refractivity contribution in [1.82, 2.24) is 30.0 Å². The molecule has 2 aromatic heterocycles. The van der Waals surface area contributed by atoms with Crippen LogP contribution < -0.4 is 13.9 Å². The Labute approximate surface area is 210 Å². The molecule has 0 fully saturated rings. The second kappa shape index (κ2) is 7.73. The van der Waals surface area contributed by atoms with Gasteiger partial charge in [0.2, 0.25) is 0 Å². The highest BCUT2D eigenvalue weighted by atomic mass is 31.2. The Morgan fingerprint density at radius 3 is 1.57 bits per heavy atom. The van der Waals surface area contributed by atoms with E-state index in [2.05, 4.69) is 20.6 Å². The van der Waals surface area contributed by atoms with Gasteiger partial charge in [0.05, 0.1) is 12.4 Å². The monoisotopic (exact) mass is 509 g/mol. The van der Waals surface area contributed by atoms with Gasteiger partial charge in [-0.2, -0.15) is 0 Å². The van der Waals surface area contributed by atoms with Gasteiger partial charge < -0.3 is 13.9 Å². The maximum Gasteiger partial charge on any atom is 0.372 e. The predicted molar refractivity (Wildman–Crippen MR) is 136 cm³/mol. The number of fused-ring (bicyclic) bond motifs is 7. The van der Waals surface area contributed by atoms with Gasteiger partial charge in [0.25, 0.3) is 0 Å². The molecule has 0 bridgehead atoms. The van der Waals surface area contributed by atoms with Gasteiger partial charge >= 0.3 is 7.82 Å². The first-order chi connectivity index (χ1) is 17.9. The molecule has 1 aliphatic heterocycles. The fourth-order valence-corrected chi connectivity index (χ4v) is 5.77. The first kappa shape index (κ1) is 21.7. The van der Waals surface area contributed by atoms with E-state index >= 15 is 0 Å². The summed E-state index contributed by atoms with van der Waals surface area (Å²) in [6.45, 7) is 0. The average molecular weight is 509 g/mol. The van der Waals surface area contributed by atoms with E-state index in [0.717, 1.165) is 21.5 Å². The molecule has 7 rings (SSSR count). The number of phosphoric acid groups is 1. The first-order valence-electron chi connectivity index (χ1n) is 11.4. The minimum atomic E-state index is -4.89. The minimum Gasteiger partial charge on any atom is -0.736 e. The number of aryl methyl sites for hydroxylation is 2. The van der Waals surface area contributed by atoms with Crippen molar-refractivity contribution in [2.75, 3.05) is 0 Å². The van der Waals surface area contributed by atoms with Crippen molar-refractivity contribution < 1.29 is 18.5 Å². The number of hydrogen-bond donors (Lipinski definition) is 0. The Hall–Kier alpha value is -4.53. The van der Waals surface area contributed by atoms with Gasteiger partial charge in [0.1, 0.15) is 22.9 Å². The molecular formula is C26H18N6O4P-. The summed E-state index contributed by atoms with van der Waals surface area (Å²) in [5.41, 5.74) is 3.10. The summed E-state index contributed by atoms with van der Waals surface area (Å²) in [5.74, 6) is 0.274. The van der Waals surface area contributed by atoms with Crippen LogP contribution in [0.15, 0.2) is 73.1 Å². The highest BCUT2D eigenvalue weighted by molar-refractivity contribution is 7.46. The Balaban J connectivity index is 1.71. The van der Waals surface area contributed by atoms with Gasteiger partial charge in [-0.25, -0.2) is 4.57 Å². The number of aromatic nitrogens is 6. The van der Waals surface area contributed by atoms with Gasteiger partial charge in [-0.3, -0.25) is 9.36 Å². The standard InChI is InChI=1S/C26H19N6O4P/c1-31-13-21(27-29-31)19-11-15-7-3-5-9-17(15)23-24-18-10-6-4-8-16(18)12-20(22-14-32(2)30-28-22)26(24)36-37(33,34)35-25(19)23/h3-14H,1-2H3,(H,33,34)/p-1. The van der Waals surface area contributed by atoms with Crippen molar-refractivity contribution in [3.8, 4) is 45.1 Å². The molecule has 0 radical (unpaired) electrons. The second-order valence-corrected chi connectivity index (χ2v) is 10.1. The highest BCUT2D eigenvalue weighted by Gasteiger charge is 2.33. The summed E-state index contributed by atoms with van der Waals surface area (Å²) in [6.07, 6.45) is 3.43. The predicted octanol–water partition coefficient (Wildman–Crippen LogP) is 4.49. The van der Waals surface area contributed by atoms with Crippen LogP contribution in [0.3, 0.4) is 0 Å². The summed E-state index contributed by atoms with van der Waals surface area (Å²) in [4.78, 5) is 13.3. The quantitative estimate of drug-likeness (QED) is 0.313. The lowest BCUT2D eigenvalue weighted by Crippen LogP contribution is -2.12. The van der Waals surface area contributed by atoms with Gasteiger partial charge in [0, 0.05) is 36.3 Å². The molecular weight excluding hydrogens is 491 g/mol. The molecule has 182 valence electrons. The molecule has 10 nitrogen and oxygen atoms in total. The molecule has 11 heteroatoms. The van der Waals surface area contributed by atoms with E-state index in [4.69, 9.17) is 9.05 Å². The van der Waals surface area contributed by atoms with Crippen LogP contribution in [-0.4, -0.2) is 30.0 Å². The van der Waals surface area contributed by atoms with Gasteiger partial charge in [-0.05, 0) is 33.7 Å². The molecule has 3 heterocycles. The second-order valence-electron chi connectivity index (χ2n) is 8.88. The lowest BCUT2D eigenvalue weighted by molar-refractivity contribution is -0.208. The van der Waals surface area contributed by atoms with Crippen molar-refractivity contribution in [3.63, 3.8) is 0 Å². The van der Waals surface area contributed by atoms with E-state index in [9.17, 15) is 9.46 Å². The van der Waals surface area contributed by atoms with Crippen LogP contribution in [0.2, 0.25) is 0 Å². The third kappa shape index (κ3) is 3.41. The molecule has 0 saturated carbocycles. The zero-order valence-corrected chi connectivity index (χ0v) is 20.6. The third-order valence-electron chi connectivity index (χ3n) is 6.42. The van der Waals surface area contributed by atoms with E-state index in [0.29, 0.717) is 33.6 Å². The van der Waals surface area contributed by atoms with Gasteiger partial charge in [-0.15, -0.1) is 10.2 Å². The number of benzene rings is 4. The van der Waals surface area contributed by atoms with Crippen LogP contribution in [0, 0.1) is 0 Å². The van der Waals surface area contributed by atoms with Gasteiger partial charge in [-0.1, -0.05) is 59.0 Å². The molecule has 0 aliphatic carbocycles. The first-order valence-corrected chi connectivity index (χ1v) is 12.9. The lowest BCUT2D eigenvalue weighted by Gasteiger charge is -2.23. The van der Waals surface area contributed by atoms with Crippen LogP contribution >= 0.6 is 7.82 Å². The molecule has 37 heavy (non-hydrogen) atoms. The average Bonchev–Trinajstić information content (AvgIpc) is 3.48. The lowest BCUT2D eigenvalue weighted by atomic mass is 9.88. The van der Waals surface area contributed by atoms with E-state index in [1.54, 1.807) is 35.9 Å². The SMILES string of the molecule is Cn1cc(-c2cc3ccccc3c3c2OP(=O)([O-])Oc2c(-c4cn(C)nn4)cc4ccccc4c2-3)nn1. The zero-order valence-electron chi connectivity index (χ0n) is 19.7. The molecule has 0 spiro atoms. The number of rotatable bonds is 2. The summed E-state index contributed by atoms with van der Waals surface area (Å²) in [5, 5.41) is 20.0. The Bertz CT molecular complexity index is 1790. The summed E-state index contributed by atoms with van der Waals surface area (Å²) in [6, 6.07) is 19.2. The van der Waals surface area contributed by atoms with Crippen molar-refractivity contribution in [2.45, 2.75) is 0 Å². The van der Waals surface area contributed by atoms with Crippen molar-refractivity contribution >= 4 is 29.4 Å². The van der Waals surface area contributed by atoms with Crippen LogP contribution in [-0.2, 0) is 18.7 Å². The molecule has 0 amide bonds. The van der Waals surface area contributed by atoms with Crippen molar-refractivity contribution in [3.05, 3.63) is 73.1 Å². The largest absolute Gasteiger partial charge is 0.736 e. The summed E-state index contributed by atoms with van der Waals surface area (Å²) < 4.78 is 27.9. The Kier molecular flexibility index (Phi) is 4.54. The number of hydrogen-bond acceptors (Lipinski definition) is 8. The summed E-state index contributed by atoms with van der Waals surface area (Å²) in [7, 11) is -1.40. The maximum absolute atomic E-state index is 13.3. The third-order valence-corrected chi connectivity index (χ3v) is 7.23. The number of phosphoric ester groups is 1. The van der Waals surface area contributed by atoms with Crippen molar-refractivity contribution in [1.29, 1.82) is 0 Å². The van der Waals surface area contributed by atoms with Crippen molar-refractivity contribution in [2.24, 2.45) is 14.1 Å². The van der Waals surface area contributed by atoms with E-state index < -0.39 is 7.82 Å². The molecule has 0 unspecified atom stereocenters.